The van der Waals surface area contributed by atoms with E-state index in [1.807, 2.05) is 0 Å². The van der Waals surface area contributed by atoms with Gasteiger partial charge in [0.15, 0.2) is 0 Å². The number of hydrogen-bond acceptors (Lipinski definition) is 3. The maximum Gasteiger partial charge on any atom is 0.139 e. The Kier molecular flexibility index (Phi) is 4.42. The maximum atomic E-state index is 8.60. The summed E-state index contributed by atoms with van der Waals surface area (Å²) in [7, 11) is 0. The van der Waals surface area contributed by atoms with Crippen LogP contribution >= 0.6 is 0 Å². The highest BCUT2D eigenvalue weighted by Crippen LogP contribution is 2.48. The van der Waals surface area contributed by atoms with Crippen molar-refractivity contribution in [2.45, 2.75) is 47.0 Å². The molecule has 0 aromatic carbocycles. The largest absolute Gasteiger partial charge is 0.409 e. The zero-order valence-electron chi connectivity index (χ0n) is 11.6. The maximum absolute atomic E-state index is 8.60. The van der Waals surface area contributed by atoms with Gasteiger partial charge in [0, 0.05) is 19.5 Å². The molecule has 1 fully saturated rings. The first-order valence-corrected chi connectivity index (χ1v) is 6.48. The molecule has 0 heterocycles. The molecular weight excluding hydrogens is 214 g/mol. The Balaban J connectivity index is 2.32. The quantitative estimate of drug-likeness (QED) is 0.277. The average molecular weight is 241 g/mol. The molecule has 1 aliphatic rings. The highest BCUT2D eigenvalue weighted by molar-refractivity contribution is 5.80. The highest BCUT2D eigenvalue weighted by Gasteiger charge is 2.43. The number of nitrogens with zero attached hydrogens (tertiary/aromatic N) is 1. The molecule has 0 aromatic rings. The van der Waals surface area contributed by atoms with Crippen molar-refractivity contribution >= 4 is 5.84 Å². The van der Waals surface area contributed by atoms with Crippen molar-refractivity contribution in [3.05, 3.63) is 0 Å². The Labute approximate surface area is 105 Å². The Bertz CT molecular complexity index is 280. The van der Waals surface area contributed by atoms with E-state index in [4.69, 9.17) is 10.9 Å². The summed E-state index contributed by atoms with van der Waals surface area (Å²) in [5.41, 5.74) is 6.14. The van der Waals surface area contributed by atoms with Gasteiger partial charge in [0.1, 0.15) is 5.84 Å². The molecule has 0 atom stereocenters. The lowest BCUT2D eigenvalue weighted by Gasteiger charge is -2.30. The van der Waals surface area contributed by atoms with Gasteiger partial charge in [0.05, 0.1) is 0 Å². The van der Waals surface area contributed by atoms with Crippen LogP contribution in [-0.4, -0.2) is 24.1 Å². The molecule has 0 aliphatic heterocycles. The number of nitrogens with one attached hydrogen (secondary N) is 1. The molecule has 0 saturated heterocycles. The van der Waals surface area contributed by atoms with Crippen LogP contribution in [0.3, 0.4) is 0 Å². The summed E-state index contributed by atoms with van der Waals surface area (Å²) in [5, 5.41) is 15.2. The van der Waals surface area contributed by atoms with Crippen LogP contribution in [0.25, 0.3) is 0 Å². The van der Waals surface area contributed by atoms with E-state index in [0.717, 1.165) is 13.1 Å². The fraction of sp³-hybridized carbons (Fsp3) is 0.923. The summed E-state index contributed by atoms with van der Waals surface area (Å²) >= 11 is 0. The molecule has 0 radical (unpaired) electrons. The van der Waals surface area contributed by atoms with E-state index in [-0.39, 0.29) is 5.41 Å². The molecule has 4 heteroatoms. The second kappa shape index (κ2) is 5.25. The smallest absolute Gasteiger partial charge is 0.139 e. The van der Waals surface area contributed by atoms with Crippen LogP contribution in [0.4, 0.5) is 0 Å². The minimum atomic E-state index is 0.253. The fourth-order valence-electron chi connectivity index (χ4n) is 1.87. The van der Waals surface area contributed by atoms with Gasteiger partial charge in [-0.05, 0) is 29.6 Å². The van der Waals surface area contributed by atoms with Crippen molar-refractivity contribution in [3.63, 3.8) is 0 Å². The molecule has 0 unspecified atom stereocenters. The van der Waals surface area contributed by atoms with Crippen molar-refractivity contribution < 1.29 is 5.21 Å². The van der Waals surface area contributed by atoms with Crippen molar-refractivity contribution in [2.24, 2.45) is 27.6 Å². The first-order chi connectivity index (χ1) is 7.81. The van der Waals surface area contributed by atoms with E-state index < -0.39 is 0 Å². The van der Waals surface area contributed by atoms with Crippen LogP contribution in [-0.2, 0) is 0 Å². The molecule has 4 nitrogen and oxygen atoms in total. The van der Waals surface area contributed by atoms with E-state index >= 15 is 0 Å². The highest BCUT2D eigenvalue weighted by atomic mass is 16.4. The minimum Gasteiger partial charge on any atom is -0.409 e. The molecule has 0 amide bonds. The lowest BCUT2D eigenvalue weighted by atomic mass is 9.81. The molecule has 1 aliphatic carbocycles. The van der Waals surface area contributed by atoms with Crippen LogP contribution in [0.1, 0.15) is 47.0 Å². The number of rotatable bonds is 7. The van der Waals surface area contributed by atoms with Crippen LogP contribution in [0.2, 0.25) is 0 Å². The second-order valence-corrected chi connectivity index (χ2v) is 6.51. The molecule has 100 valence electrons. The Hall–Kier alpha value is -0.770. The van der Waals surface area contributed by atoms with Gasteiger partial charge in [0.25, 0.3) is 0 Å². The van der Waals surface area contributed by atoms with Crippen molar-refractivity contribution in [1.29, 1.82) is 0 Å². The Morgan fingerprint density at radius 1 is 1.47 bits per heavy atom. The van der Waals surface area contributed by atoms with E-state index in [1.54, 1.807) is 0 Å². The van der Waals surface area contributed by atoms with E-state index in [9.17, 15) is 0 Å². The number of amidine groups is 1. The number of oxime groups is 1. The van der Waals surface area contributed by atoms with Crippen LogP contribution in [0.5, 0.6) is 0 Å². The third-order valence-electron chi connectivity index (χ3n) is 4.29. The molecule has 0 bridgehead atoms. The molecule has 4 N–H and O–H groups in total. The van der Waals surface area contributed by atoms with Gasteiger partial charge < -0.3 is 16.3 Å². The summed E-state index contributed by atoms with van der Waals surface area (Å²) in [6.45, 7) is 11.1. The number of hydrogen-bond donors (Lipinski definition) is 3. The first-order valence-electron chi connectivity index (χ1n) is 6.48. The number of nitrogens with two attached hydrogens (primary N) is 1. The lowest BCUT2D eigenvalue weighted by molar-refractivity contribution is 0.231. The average Bonchev–Trinajstić information content (AvgIpc) is 2.97. The predicted molar refractivity (Wildman–Crippen MR) is 71.2 cm³/mol. The fourth-order valence-corrected chi connectivity index (χ4v) is 1.87. The standard InChI is InChI=1S/C13H27N3O/c1-10(2)12(3,4)8-15-9-13(5-6-13)7-11(14)16-17/h10,15,17H,5-9H2,1-4H3,(H2,14,16). The molecule has 17 heavy (non-hydrogen) atoms. The second-order valence-electron chi connectivity index (χ2n) is 6.51. The van der Waals surface area contributed by atoms with Crippen LogP contribution < -0.4 is 11.1 Å². The Morgan fingerprint density at radius 2 is 2.06 bits per heavy atom. The van der Waals surface area contributed by atoms with Crippen molar-refractivity contribution in [3.8, 4) is 0 Å². The summed E-state index contributed by atoms with van der Waals surface area (Å²) in [5.74, 6) is 1.02. The van der Waals surface area contributed by atoms with Gasteiger partial charge >= 0.3 is 0 Å². The Morgan fingerprint density at radius 3 is 2.47 bits per heavy atom. The van der Waals surface area contributed by atoms with Gasteiger partial charge in [-0.25, -0.2) is 0 Å². The summed E-state index contributed by atoms with van der Waals surface area (Å²) in [4.78, 5) is 0. The van der Waals surface area contributed by atoms with Gasteiger partial charge in [-0.15, -0.1) is 0 Å². The van der Waals surface area contributed by atoms with Gasteiger partial charge in [0.2, 0.25) is 0 Å². The van der Waals surface area contributed by atoms with E-state index in [0.29, 0.717) is 23.6 Å². The lowest BCUT2D eigenvalue weighted by Crippen LogP contribution is -2.37. The van der Waals surface area contributed by atoms with Gasteiger partial charge in [-0.2, -0.15) is 0 Å². The zero-order chi connectivity index (χ0) is 13.1. The van der Waals surface area contributed by atoms with Crippen molar-refractivity contribution in [1.82, 2.24) is 5.32 Å². The molecule has 0 aromatic heterocycles. The third-order valence-corrected chi connectivity index (χ3v) is 4.29. The SMILES string of the molecule is CC(C)C(C)(C)CNCC1(CC(N)=NO)CC1. The molecular formula is C13H27N3O. The van der Waals surface area contributed by atoms with Crippen molar-refractivity contribution in [2.75, 3.05) is 13.1 Å². The first kappa shape index (κ1) is 14.3. The minimum absolute atomic E-state index is 0.253. The zero-order valence-corrected chi connectivity index (χ0v) is 11.6. The summed E-state index contributed by atoms with van der Waals surface area (Å²) in [6.07, 6.45) is 3.06. The normalized spacial score (nSPS) is 19.7. The van der Waals surface area contributed by atoms with E-state index in [2.05, 4.69) is 38.2 Å². The topological polar surface area (TPSA) is 70.6 Å². The summed E-state index contributed by atoms with van der Waals surface area (Å²) < 4.78 is 0. The van der Waals surface area contributed by atoms with Crippen LogP contribution in [0.15, 0.2) is 5.16 Å². The molecule has 1 rings (SSSR count). The van der Waals surface area contributed by atoms with E-state index in [1.165, 1.54) is 12.8 Å². The summed E-state index contributed by atoms with van der Waals surface area (Å²) in [6, 6.07) is 0. The predicted octanol–water partition coefficient (Wildman–Crippen LogP) is 2.17. The van der Waals surface area contributed by atoms with Gasteiger partial charge in [-0.1, -0.05) is 32.9 Å². The third kappa shape index (κ3) is 4.19. The van der Waals surface area contributed by atoms with Crippen LogP contribution in [0, 0.1) is 16.7 Å². The molecule has 0 spiro atoms. The monoisotopic (exact) mass is 241 g/mol. The van der Waals surface area contributed by atoms with Gasteiger partial charge in [-0.3, -0.25) is 0 Å². The molecule has 1 saturated carbocycles.